The first kappa shape index (κ1) is 12.7. The van der Waals surface area contributed by atoms with Crippen LogP contribution in [0.3, 0.4) is 0 Å². The minimum atomic E-state index is -0.874. The number of aryl methyl sites for hydroxylation is 1. The Labute approximate surface area is 117 Å². The number of hydrogen-bond acceptors (Lipinski definition) is 2. The minimum absolute atomic E-state index is 0.147. The largest absolute Gasteiger partial charge is 0.465 e. The third-order valence-corrected chi connectivity index (χ3v) is 3.77. The van der Waals surface area contributed by atoms with Crippen LogP contribution >= 0.6 is 0 Å². The van der Waals surface area contributed by atoms with E-state index in [1.807, 2.05) is 19.1 Å². The fraction of sp³-hybridized carbons (Fsp3) is 0.333. The molecule has 1 aliphatic heterocycles. The van der Waals surface area contributed by atoms with Gasteiger partial charge in [-0.05, 0) is 25.3 Å². The van der Waals surface area contributed by atoms with Crippen molar-refractivity contribution in [2.45, 2.75) is 25.8 Å². The summed E-state index contributed by atoms with van der Waals surface area (Å²) in [5.41, 5.74) is 3.20. The van der Waals surface area contributed by atoms with E-state index in [0.717, 1.165) is 29.9 Å². The lowest BCUT2D eigenvalue weighted by molar-refractivity contribution is 0.139. The molecule has 0 bridgehead atoms. The summed E-state index contributed by atoms with van der Waals surface area (Å²) in [6.45, 7) is 2.63. The zero-order valence-corrected chi connectivity index (χ0v) is 11.3. The predicted octanol–water partition coefficient (Wildman–Crippen LogP) is 3.20. The molecule has 0 radical (unpaired) electrons. The number of aromatic nitrogens is 2. The van der Waals surface area contributed by atoms with Crippen LogP contribution in [-0.4, -0.2) is 32.6 Å². The maximum atomic E-state index is 11.2. The Bertz CT molecular complexity index is 618. The lowest BCUT2D eigenvalue weighted by Gasteiger charge is -2.19. The van der Waals surface area contributed by atoms with E-state index >= 15 is 0 Å². The zero-order chi connectivity index (χ0) is 14.1. The molecular formula is C15H17N3O2. The van der Waals surface area contributed by atoms with Gasteiger partial charge in [-0.3, -0.25) is 4.90 Å². The quantitative estimate of drug-likeness (QED) is 0.881. The van der Waals surface area contributed by atoms with E-state index < -0.39 is 6.09 Å². The summed E-state index contributed by atoms with van der Waals surface area (Å²) >= 11 is 0. The summed E-state index contributed by atoms with van der Waals surface area (Å²) in [6.07, 6.45) is 2.61. The smallest absolute Gasteiger partial charge is 0.407 e. The van der Waals surface area contributed by atoms with Gasteiger partial charge in [0.15, 0.2) is 0 Å². The van der Waals surface area contributed by atoms with Crippen molar-refractivity contribution in [1.82, 2.24) is 14.9 Å². The lowest BCUT2D eigenvalue weighted by Crippen LogP contribution is -2.29. The molecular weight excluding hydrogens is 254 g/mol. The topological polar surface area (TPSA) is 69.2 Å². The van der Waals surface area contributed by atoms with Crippen molar-refractivity contribution in [3.8, 4) is 11.3 Å². The number of nitrogens with one attached hydrogen (secondary N) is 1. The number of amides is 1. The second-order valence-corrected chi connectivity index (χ2v) is 5.18. The van der Waals surface area contributed by atoms with E-state index in [1.54, 1.807) is 6.20 Å². The van der Waals surface area contributed by atoms with Crippen LogP contribution in [0, 0.1) is 6.92 Å². The van der Waals surface area contributed by atoms with Gasteiger partial charge in [-0.2, -0.15) is 0 Å². The van der Waals surface area contributed by atoms with Crippen LogP contribution < -0.4 is 0 Å². The Morgan fingerprint density at radius 1 is 1.40 bits per heavy atom. The van der Waals surface area contributed by atoms with Gasteiger partial charge < -0.3 is 10.1 Å². The number of carboxylic acid groups (broad SMARTS) is 1. The van der Waals surface area contributed by atoms with Crippen LogP contribution in [0.25, 0.3) is 11.3 Å². The van der Waals surface area contributed by atoms with Crippen LogP contribution in [0.5, 0.6) is 0 Å². The molecule has 5 heteroatoms. The molecule has 5 nitrogen and oxygen atoms in total. The standard InChI is InChI=1S/C15H17N3O2/c1-10-4-6-11(7-5-10)12-9-16-14(17-12)13-3-2-8-18(13)15(19)20/h4-7,9,13H,2-3,8H2,1H3,(H,16,17)(H,19,20)/t13-/m0/s1. The normalized spacial score (nSPS) is 18.4. The van der Waals surface area contributed by atoms with Gasteiger partial charge in [0, 0.05) is 6.54 Å². The number of likely N-dealkylation sites (tertiary alicyclic amines) is 1. The van der Waals surface area contributed by atoms with Gasteiger partial charge in [0.1, 0.15) is 5.82 Å². The van der Waals surface area contributed by atoms with Gasteiger partial charge >= 0.3 is 6.09 Å². The van der Waals surface area contributed by atoms with Gasteiger partial charge in [-0.15, -0.1) is 0 Å². The number of nitrogens with zero attached hydrogens (tertiary/aromatic N) is 2. The van der Waals surface area contributed by atoms with E-state index in [1.165, 1.54) is 10.5 Å². The Kier molecular flexibility index (Phi) is 3.18. The van der Waals surface area contributed by atoms with E-state index in [4.69, 9.17) is 0 Å². The third kappa shape index (κ3) is 2.27. The highest BCUT2D eigenvalue weighted by molar-refractivity contribution is 5.66. The monoisotopic (exact) mass is 271 g/mol. The lowest BCUT2D eigenvalue weighted by atomic mass is 10.1. The molecule has 0 aliphatic carbocycles. The number of imidazole rings is 1. The summed E-state index contributed by atoms with van der Waals surface area (Å²) in [7, 11) is 0. The number of carbonyl (C=O) groups is 1. The van der Waals surface area contributed by atoms with Crippen molar-refractivity contribution >= 4 is 6.09 Å². The summed E-state index contributed by atoms with van der Waals surface area (Å²) in [5, 5.41) is 9.18. The highest BCUT2D eigenvalue weighted by atomic mass is 16.4. The molecule has 3 rings (SSSR count). The second kappa shape index (κ2) is 5.00. The Balaban J connectivity index is 1.86. The molecule has 1 saturated heterocycles. The maximum Gasteiger partial charge on any atom is 0.407 e. The molecule has 1 aromatic heterocycles. The van der Waals surface area contributed by atoms with Crippen LogP contribution in [0.15, 0.2) is 30.5 Å². The average molecular weight is 271 g/mol. The van der Waals surface area contributed by atoms with E-state index in [2.05, 4.69) is 22.1 Å². The van der Waals surface area contributed by atoms with Gasteiger partial charge in [0.2, 0.25) is 0 Å². The fourth-order valence-corrected chi connectivity index (χ4v) is 2.67. The van der Waals surface area contributed by atoms with Crippen molar-refractivity contribution in [3.05, 3.63) is 41.9 Å². The minimum Gasteiger partial charge on any atom is -0.465 e. The molecule has 1 aromatic carbocycles. The van der Waals surface area contributed by atoms with Crippen LogP contribution in [0.4, 0.5) is 4.79 Å². The predicted molar refractivity (Wildman–Crippen MR) is 75.5 cm³/mol. The number of benzene rings is 1. The second-order valence-electron chi connectivity index (χ2n) is 5.18. The fourth-order valence-electron chi connectivity index (χ4n) is 2.67. The zero-order valence-electron chi connectivity index (χ0n) is 11.3. The Morgan fingerprint density at radius 2 is 2.15 bits per heavy atom. The summed E-state index contributed by atoms with van der Waals surface area (Å²) in [6, 6.07) is 8.03. The highest BCUT2D eigenvalue weighted by Crippen LogP contribution is 2.31. The van der Waals surface area contributed by atoms with Gasteiger partial charge in [0.05, 0.1) is 17.9 Å². The van der Waals surface area contributed by atoms with Crippen molar-refractivity contribution in [3.63, 3.8) is 0 Å². The Hall–Kier alpha value is -2.30. The molecule has 2 aromatic rings. The molecule has 2 heterocycles. The maximum absolute atomic E-state index is 11.2. The molecule has 0 unspecified atom stereocenters. The van der Waals surface area contributed by atoms with E-state index in [9.17, 15) is 9.90 Å². The number of aromatic amines is 1. The van der Waals surface area contributed by atoms with Crippen molar-refractivity contribution in [1.29, 1.82) is 0 Å². The van der Waals surface area contributed by atoms with Crippen LogP contribution in [-0.2, 0) is 0 Å². The third-order valence-electron chi connectivity index (χ3n) is 3.77. The van der Waals surface area contributed by atoms with Crippen LogP contribution in [0.2, 0.25) is 0 Å². The van der Waals surface area contributed by atoms with Gasteiger partial charge in [-0.1, -0.05) is 29.8 Å². The highest BCUT2D eigenvalue weighted by Gasteiger charge is 2.31. The molecule has 1 amide bonds. The first-order valence-electron chi connectivity index (χ1n) is 6.76. The number of H-pyrrole nitrogens is 1. The van der Waals surface area contributed by atoms with E-state index in [0.29, 0.717) is 6.54 Å². The molecule has 104 valence electrons. The van der Waals surface area contributed by atoms with Gasteiger partial charge in [-0.25, -0.2) is 9.78 Å². The summed E-state index contributed by atoms with van der Waals surface area (Å²) < 4.78 is 0. The molecule has 0 saturated carbocycles. The summed E-state index contributed by atoms with van der Waals surface area (Å²) in [5.74, 6) is 0.737. The average Bonchev–Trinajstić information content (AvgIpc) is 3.08. The summed E-state index contributed by atoms with van der Waals surface area (Å²) in [4.78, 5) is 20.3. The molecule has 0 spiro atoms. The first-order valence-corrected chi connectivity index (χ1v) is 6.76. The SMILES string of the molecule is Cc1ccc(-c2cnc([C@@H]3CCCN3C(=O)O)[nH]2)cc1. The van der Waals surface area contributed by atoms with Gasteiger partial charge in [0.25, 0.3) is 0 Å². The van der Waals surface area contributed by atoms with Crippen molar-refractivity contribution in [2.75, 3.05) is 6.54 Å². The molecule has 1 atom stereocenters. The molecule has 1 aliphatic rings. The molecule has 2 N–H and O–H groups in total. The first-order chi connectivity index (χ1) is 9.65. The number of rotatable bonds is 2. The van der Waals surface area contributed by atoms with Crippen molar-refractivity contribution in [2.24, 2.45) is 0 Å². The van der Waals surface area contributed by atoms with Crippen molar-refractivity contribution < 1.29 is 9.90 Å². The van der Waals surface area contributed by atoms with Crippen LogP contribution in [0.1, 0.15) is 30.3 Å². The molecule has 20 heavy (non-hydrogen) atoms. The van der Waals surface area contributed by atoms with E-state index in [-0.39, 0.29) is 6.04 Å². The number of hydrogen-bond donors (Lipinski definition) is 2. The molecule has 1 fully saturated rings. The Morgan fingerprint density at radius 3 is 2.85 bits per heavy atom.